The Morgan fingerprint density at radius 3 is 2.38 bits per heavy atom. The van der Waals surface area contributed by atoms with E-state index in [0.717, 1.165) is 0 Å². The highest BCUT2D eigenvalue weighted by Crippen LogP contribution is 2.22. The average Bonchev–Trinajstić information content (AvgIpc) is 2.37. The fourth-order valence-corrected chi connectivity index (χ4v) is 3.02. The van der Waals surface area contributed by atoms with Crippen molar-refractivity contribution in [2.45, 2.75) is 4.90 Å². The Kier molecular flexibility index (Phi) is 5.82. The number of aromatic nitrogens is 1. The Bertz CT molecular complexity index is 723. The van der Waals surface area contributed by atoms with Gasteiger partial charge in [-0.05, 0) is 46.3 Å². The summed E-state index contributed by atoms with van der Waals surface area (Å²) in [6.45, 7) is 0. The van der Waals surface area contributed by atoms with E-state index in [2.05, 4.69) is 31.0 Å². The van der Waals surface area contributed by atoms with Crippen molar-refractivity contribution in [3.05, 3.63) is 41.0 Å². The molecule has 0 atom stereocenters. The number of sulfonamides is 1. The van der Waals surface area contributed by atoms with Gasteiger partial charge in [0.1, 0.15) is 10.4 Å². The van der Waals surface area contributed by atoms with E-state index < -0.39 is 10.0 Å². The van der Waals surface area contributed by atoms with E-state index in [0.29, 0.717) is 21.8 Å². The van der Waals surface area contributed by atoms with Gasteiger partial charge in [0, 0.05) is 18.8 Å². The first-order chi connectivity index (χ1) is 9.40. The van der Waals surface area contributed by atoms with Crippen molar-refractivity contribution in [2.75, 3.05) is 22.8 Å². The molecule has 9 heteroatoms. The van der Waals surface area contributed by atoms with Crippen molar-refractivity contribution in [1.82, 2.24) is 4.98 Å². The Balaban J connectivity index is 0.00000220. The van der Waals surface area contributed by atoms with Crippen LogP contribution in [-0.4, -0.2) is 20.4 Å². The van der Waals surface area contributed by atoms with E-state index in [4.69, 9.17) is 5.73 Å². The maximum absolute atomic E-state index is 12.2. The van der Waals surface area contributed by atoms with E-state index in [9.17, 15) is 8.42 Å². The van der Waals surface area contributed by atoms with Crippen molar-refractivity contribution in [3.63, 3.8) is 0 Å². The van der Waals surface area contributed by atoms with E-state index >= 15 is 0 Å². The Morgan fingerprint density at radius 1 is 1.19 bits per heavy atom. The molecule has 114 valence electrons. The number of anilines is 3. The summed E-state index contributed by atoms with van der Waals surface area (Å²) in [6, 6.07) is 9.15. The van der Waals surface area contributed by atoms with Gasteiger partial charge in [-0.3, -0.25) is 4.72 Å². The molecule has 0 aliphatic carbocycles. The van der Waals surface area contributed by atoms with Gasteiger partial charge in [0.05, 0.1) is 10.6 Å². The molecule has 0 bridgehead atoms. The molecule has 0 spiro atoms. The number of benzene rings is 1. The first kappa shape index (κ1) is 17.5. The molecule has 2 rings (SSSR count). The van der Waals surface area contributed by atoms with Gasteiger partial charge in [-0.1, -0.05) is 0 Å². The summed E-state index contributed by atoms with van der Waals surface area (Å²) in [6.07, 6.45) is 0. The molecule has 6 nitrogen and oxygen atoms in total. The number of nitrogens with one attached hydrogen (secondary N) is 2. The Hall–Kier alpha value is -1.51. The quantitative estimate of drug-likeness (QED) is 0.548. The highest BCUT2D eigenvalue weighted by molar-refractivity contribution is 9.10. The van der Waals surface area contributed by atoms with Gasteiger partial charge in [-0.2, -0.15) is 0 Å². The molecule has 21 heavy (non-hydrogen) atoms. The van der Waals surface area contributed by atoms with Crippen molar-refractivity contribution in [2.24, 2.45) is 0 Å². The van der Waals surface area contributed by atoms with Crippen LogP contribution in [0.5, 0.6) is 0 Å². The van der Waals surface area contributed by atoms with Crippen molar-refractivity contribution in [1.29, 1.82) is 0 Å². The molecule has 0 unspecified atom stereocenters. The number of pyridine rings is 1. The zero-order chi connectivity index (χ0) is 14.8. The Morgan fingerprint density at radius 2 is 1.81 bits per heavy atom. The normalized spacial score (nSPS) is 10.6. The molecule has 1 aromatic carbocycles. The number of rotatable bonds is 4. The van der Waals surface area contributed by atoms with Crippen LogP contribution in [0.25, 0.3) is 0 Å². The predicted octanol–water partition coefficient (Wildman–Crippen LogP) is 2.69. The minimum absolute atomic E-state index is 0. The highest BCUT2D eigenvalue weighted by atomic mass is 79.9. The van der Waals surface area contributed by atoms with Crippen LogP contribution in [0.15, 0.2) is 45.9 Å². The fraction of sp³-hybridized carbons (Fsp3) is 0.0833. The molecule has 2 aromatic rings. The monoisotopic (exact) mass is 392 g/mol. The van der Waals surface area contributed by atoms with Gasteiger partial charge in [-0.15, -0.1) is 12.4 Å². The molecule has 0 saturated carbocycles. The van der Waals surface area contributed by atoms with Crippen molar-refractivity contribution < 1.29 is 8.42 Å². The van der Waals surface area contributed by atoms with Crippen LogP contribution in [0.2, 0.25) is 0 Å². The molecule has 0 saturated heterocycles. The SMILES string of the molecule is CNc1cc(NS(=O)(=O)c2ccc(N)cc2)cc(Br)n1.Cl. The summed E-state index contributed by atoms with van der Waals surface area (Å²) in [5.74, 6) is 0.550. The van der Waals surface area contributed by atoms with Gasteiger partial charge < -0.3 is 11.1 Å². The molecule has 0 aliphatic heterocycles. The minimum Gasteiger partial charge on any atom is -0.399 e. The van der Waals surface area contributed by atoms with Crippen molar-refractivity contribution >= 4 is 55.6 Å². The van der Waals surface area contributed by atoms with Crippen LogP contribution >= 0.6 is 28.3 Å². The summed E-state index contributed by atoms with van der Waals surface area (Å²) in [5, 5.41) is 2.85. The number of hydrogen-bond donors (Lipinski definition) is 3. The number of halogens is 2. The van der Waals surface area contributed by atoms with Gasteiger partial charge in [0.25, 0.3) is 10.0 Å². The molecule has 1 aromatic heterocycles. The van der Waals surface area contributed by atoms with Crippen LogP contribution in [0, 0.1) is 0 Å². The lowest BCUT2D eigenvalue weighted by molar-refractivity contribution is 0.601. The molecule has 0 fully saturated rings. The van der Waals surface area contributed by atoms with E-state index in [1.165, 1.54) is 24.3 Å². The average molecular weight is 394 g/mol. The second kappa shape index (κ2) is 6.97. The largest absolute Gasteiger partial charge is 0.399 e. The maximum atomic E-state index is 12.2. The first-order valence-electron chi connectivity index (χ1n) is 5.64. The highest BCUT2D eigenvalue weighted by Gasteiger charge is 2.14. The molecule has 4 N–H and O–H groups in total. The number of nitrogens with two attached hydrogens (primary N) is 1. The number of nitrogens with zero attached hydrogens (tertiary/aromatic N) is 1. The van der Waals surface area contributed by atoms with Crippen LogP contribution in [-0.2, 0) is 10.0 Å². The summed E-state index contributed by atoms with van der Waals surface area (Å²) in [4.78, 5) is 4.26. The van der Waals surface area contributed by atoms with Gasteiger partial charge in [-0.25, -0.2) is 13.4 Å². The standard InChI is InChI=1S/C12H13BrN4O2S.ClH/c1-15-12-7-9(6-11(13)16-12)17-20(18,19)10-4-2-8(14)3-5-10;/h2-7H,14H2,1H3,(H2,15,16,17);1H. The summed E-state index contributed by atoms with van der Waals surface area (Å²) in [7, 11) is -1.95. The van der Waals surface area contributed by atoms with Gasteiger partial charge >= 0.3 is 0 Å². The lowest BCUT2D eigenvalue weighted by Crippen LogP contribution is -2.13. The van der Waals surface area contributed by atoms with Crippen LogP contribution in [0.1, 0.15) is 0 Å². The summed E-state index contributed by atoms with van der Waals surface area (Å²) < 4.78 is 27.4. The molecule has 0 amide bonds. The number of nitrogen functional groups attached to an aromatic ring is 1. The van der Waals surface area contributed by atoms with Gasteiger partial charge in [0.2, 0.25) is 0 Å². The second-order valence-corrected chi connectivity index (χ2v) is 6.48. The lowest BCUT2D eigenvalue weighted by Gasteiger charge is -2.10. The predicted molar refractivity (Wildman–Crippen MR) is 90.4 cm³/mol. The van der Waals surface area contributed by atoms with E-state index in [-0.39, 0.29) is 17.3 Å². The van der Waals surface area contributed by atoms with Crippen molar-refractivity contribution in [3.8, 4) is 0 Å². The van der Waals surface area contributed by atoms with Crippen LogP contribution < -0.4 is 15.8 Å². The zero-order valence-corrected chi connectivity index (χ0v) is 14.2. The van der Waals surface area contributed by atoms with Crippen LogP contribution in [0.4, 0.5) is 17.2 Å². The molecule has 0 aliphatic rings. The molecule has 0 radical (unpaired) electrons. The first-order valence-corrected chi connectivity index (χ1v) is 7.92. The van der Waals surface area contributed by atoms with E-state index in [1.807, 2.05) is 0 Å². The topological polar surface area (TPSA) is 97.1 Å². The third-order valence-electron chi connectivity index (χ3n) is 2.49. The summed E-state index contributed by atoms with van der Waals surface area (Å²) >= 11 is 3.22. The summed E-state index contributed by atoms with van der Waals surface area (Å²) in [5.41, 5.74) is 6.46. The fourth-order valence-electron chi connectivity index (χ4n) is 1.54. The third kappa shape index (κ3) is 4.48. The van der Waals surface area contributed by atoms with E-state index in [1.54, 1.807) is 19.2 Å². The molecular formula is C12H14BrClN4O2S. The molecule has 1 heterocycles. The van der Waals surface area contributed by atoms with Gasteiger partial charge in [0.15, 0.2) is 0 Å². The second-order valence-electron chi connectivity index (χ2n) is 3.99. The van der Waals surface area contributed by atoms with Crippen LogP contribution in [0.3, 0.4) is 0 Å². The lowest BCUT2D eigenvalue weighted by atomic mass is 10.3. The smallest absolute Gasteiger partial charge is 0.261 e. The Labute approximate surface area is 137 Å². The molecular weight excluding hydrogens is 380 g/mol. The number of hydrogen-bond acceptors (Lipinski definition) is 5. The minimum atomic E-state index is -3.65. The third-order valence-corrected chi connectivity index (χ3v) is 4.30. The maximum Gasteiger partial charge on any atom is 0.261 e. The zero-order valence-electron chi connectivity index (χ0n) is 11.0.